The highest BCUT2D eigenvalue weighted by molar-refractivity contribution is 6.33. The van der Waals surface area contributed by atoms with Gasteiger partial charge in [-0.3, -0.25) is 0 Å². The molecule has 3 N–H and O–H groups in total. The topological polar surface area (TPSA) is 47.3 Å². The Morgan fingerprint density at radius 2 is 2.12 bits per heavy atom. The van der Waals surface area contributed by atoms with Gasteiger partial charge in [-0.2, -0.15) is 0 Å². The Kier molecular flexibility index (Phi) is 4.44. The summed E-state index contributed by atoms with van der Waals surface area (Å²) in [6.45, 7) is 7.43. The molecule has 0 amide bonds. The quantitative estimate of drug-likeness (QED) is 0.780. The highest BCUT2D eigenvalue weighted by atomic mass is 35.5. The molecule has 0 atom stereocenters. The molecule has 0 radical (unpaired) electrons. The lowest BCUT2D eigenvalue weighted by Crippen LogP contribution is -2.33. The van der Waals surface area contributed by atoms with Crippen molar-refractivity contribution in [3.63, 3.8) is 0 Å². The SMILES string of the molecule is CCOC(C)(C)CNc1cccc(Cl)c1N. The van der Waals surface area contributed by atoms with Crippen LogP contribution in [0, 0.1) is 0 Å². The fourth-order valence-corrected chi connectivity index (χ4v) is 1.62. The van der Waals surface area contributed by atoms with Gasteiger partial charge < -0.3 is 15.8 Å². The first-order valence-corrected chi connectivity index (χ1v) is 5.76. The number of halogens is 1. The lowest BCUT2D eigenvalue weighted by molar-refractivity contribution is 0.000710. The molecule has 90 valence electrons. The number of para-hydroxylation sites is 1. The molecular weight excluding hydrogens is 224 g/mol. The van der Waals surface area contributed by atoms with E-state index in [4.69, 9.17) is 22.1 Å². The zero-order valence-electron chi connectivity index (χ0n) is 10.0. The van der Waals surface area contributed by atoms with Crippen molar-refractivity contribution in [1.82, 2.24) is 0 Å². The van der Waals surface area contributed by atoms with Gasteiger partial charge in [0.25, 0.3) is 0 Å². The number of nitrogens with one attached hydrogen (secondary N) is 1. The molecule has 0 fully saturated rings. The molecule has 0 aromatic heterocycles. The van der Waals surface area contributed by atoms with Crippen LogP contribution in [0.5, 0.6) is 0 Å². The summed E-state index contributed by atoms with van der Waals surface area (Å²) in [5.74, 6) is 0. The molecule has 4 heteroatoms. The first kappa shape index (κ1) is 13.1. The van der Waals surface area contributed by atoms with Crippen LogP contribution in [0.4, 0.5) is 11.4 Å². The van der Waals surface area contributed by atoms with E-state index in [0.717, 1.165) is 5.69 Å². The van der Waals surface area contributed by atoms with E-state index in [1.165, 1.54) is 0 Å². The maximum absolute atomic E-state index is 5.93. The molecule has 0 heterocycles. The van der Waals surface area contributed by atoms with Gasteiger partial charge in [0.05, 0.1) is 22.0 Å². The van der Waals surface area contributed by atoms with Gasteiger partial charge in [-0.05, 0) is 32.9 Å². The Bertz CT molecular complexity index is 353. The summed E-state index contributed by atoms with van der Waals surface area (Å²) < 4.78 is 5.58. The van der Waals surface area contributed by atoms with Crippen LogP contribution in [0.15, 0.2) is 18.2 Å². The first-order chi connectivity index (χ1) is 7.46. The van der Waals surface area contributed by atoms with Gasteiger partial charge in [-0.1, -0.05) is 17.7 Å². The van der Waals surface area contributed by atoms with E-state index < -0.39 is 0 Å². The van der Waals surface area contributed by atoms with E-state index in [1.807, 2.05) is 32.9 Å². The Hall–Kier alpha value is -0.930. The van der Waals surface area contributed by atoms with Crippen LogP contribution in [0.25, 0.3) is 0 Å². The fraction of sp³-hybridized carbons (Fsp3) is 0.500. The van der Waals surface area contributed by atoms with E-state index in [-0.39, 0.29) is 5.60 Å². The van der Waals surface area contributed by atoms with Crippen LogP contribution in [0.3, 0.4) is 0 Å². The predicted octanol–water partition coefficient (Wildman–Crippen LogP) is 3.15. The highest BCUT2D eigenvalue weighted by Crippen LogP contribution is 2.27. The molecule has 16 heavy (non-hydrogen) atoms. The molecule has 1 aromatic rings. The minimum atomic E-state index is -0.219. The summed E-state index contributed by atoms with van der Waals surface area (Å²) in [7, 11) is 0. The first-order valence-electron chi connectivity index (χ1n) is 5.38. The molecule has 0 aliphatic heterocycles. The third-order valence-electron chi connectivity index (χ3n) is 2.29. The maximum Gasteiger partial charge on any atom is 0.0797 e. The minimum absolute atomic E-state index is 0.219. The van der Waals surface area contributed by atoms with Crippen molar-refractivity contribution in [2.75, 3.05) is 24.2 Å². The van der Waals surface area contributed by atoms with Gasteiger partial charge in [0.1, 0.15) is 0 Å². The summed E-state index contributed by atoms with van der Waals surface area (Å²) in [5, 5.41) is 3.81. The average Bonchev–Trinajstić information content (AvgIpc) is 2.20. The Labute approximate surface area is 102 Å². The molecule has 1 rings (SSSR count). The van der Waals surface area contributed by atoms with Crippen LogP contribution < -0.4 is 11.1 Å². The molecule has 0 unspecified atom stereocenters. The number of hydrogen-bond acceptors (Lipinski definition) is 3. The number of nitrogens with two attached hydrogens (primary N) is 1. The Morgan fingerprint density at radius 1 is 1.44 bits per heavy atom. The summed E-state index contributed by atoms with van der Waals surface area (Å²) in [5.41, 5.74) is 7.06. The Balaban J connectivity index is 2.64. The van der Waals surface area contributed by atoms with Gasteiger partial charge in [0.15, 0.2) is 0 Å². The molecule has 3 nitrogen and oxygen atoms in total. The second-order valence-corrected chi connectivity index (χ2v) is 4.65. The van der Waals surface area contributed by atoms with E-state index in [1.54, 1.807) is 6.07 Å². The van der Waals surface area contributed by atoms with E-state index in [9.17, 15) is 0 Å². The van der Waals surface area contributed by atoms with Crippen molar-refractivity contribution in [3.8, 4) is 0 Å². The predicted molar refractivity (Wildman–Crippen MR) is 70.1 cm³/mol. The van der Waals surface area contributed by atoms with Crippen LogP contribution >= 0.6 is 11.6 Å². The molecule has 0 saturated heterocycles. The van der Waals surface area contributed by atoms with Gasteiger partial charge in [0.2, 0.25) is 0 Å². The van der Waals surface area contributed by atoms with E-state index in [0.29, 0.717) is 23.9 Å². The minimum Gasteiger partial charge on any atom is -0.396 e. The number of hydrogen-bond donors (Lipinski definition) is 2. The average molecular weight is 243 g/mol. The number of benzene rings is 1. The van der Waals surface area contributed by atoms with Crippen LogP contribution in [-0.2, 0) is 4.74 Å². The van der Waals surface area contributed by atoms with Gasteiger partial charge in [0, 0.05) is 13.2 Å². The normalized spacial score (nSPS) is 11.5. The second-order valence-electron chi connectivity index (χ2n) is 4.25. The number of nitrogen functional groups attached to an aromatic ring is 1. The highest BCUT2D eigenvalue weighted by Gasteiger charge is 2.17. The summed E-state index contributed by atoms with van der Waals surface area (Å²) in [6, 6.07) is 5.55. The molecular formula is C12H19ClN2O. The van der Waals surface area contributed by atoms with Crippen LogP contribution in [0.2, 0.25) is 5.02 Å². The van der Waals surface area contributed by atoms with Gasteiger partial charge in [-0.25, -0.2) is 0 Å². The van der Waals surface area contributed by atoms with Crippen LogP contribution in [0.1, 0.15) is 20.8 Å². The molecule has 0 spiro atoms. The smallest absolute Gasteiger partial charge is 0.0797 e. The molecule has 0 saturated carbocycles. The molecule has 1 aromatic carbocycles. The third kappa shape index (κ3) is 3.58. The van der Waals surface area contributed by atoms with E-state index in [2.05, 4.69) is 5.32 Å². The van der Waals surface area contributed by atoms with E-state index >= 15 is 0 Å². The molecule has 0 aliphatic carbocycles. The monoisotopic (exact) mass is 242 g/mol. The molecule has 0 aliphatic rings. The largest absolute Gasteiger partial charge is 0.396 e. The van der Waals surface area contributed by atoms with Crippen molar-refractivity contribution >= 4 is 23.0 Å². The van der Waals surface area contributed by atoms with Crippen molar-refractivity contribution in [1.29, 1.82) is 0 Å². The number of rotatable bonds is 5. The van der Waals surface area contributed by atoms with Crippen molar-refractivity contribution in [2.24, 2.45) is 0 Å². The number of ether oxygens (including phenoxy) is 1. The summed E-state index contributed by atoms with van der Waals surface area (Å²) in [6.07, 6.45) is 0. The van der Waals surface area contributed by atoms with Gasteiger partial charge >= 0.3 is 0 Å². The van der Waals surface area contributed by atoms with Gasteiger partial charge in [-0.15, -0.1) is 0 Å². The lowest BCUT2D eigenvalue weighted by Gasteiger charge is -2.25. The Morgan fingerprint density at radius 3 is 2.75 bits per heavy atom. The fourth-order valence-electron chi connectivity index (χ4n) is 1.44. The van der Waals surface area contributed by atoms with Crippen molar-refractivity contribution < 1.29 is 4.74 Å². The zero-order chi connectivity index (χ0) is 12.2. The van der Waals surface area contributed by atoms with Crippen molar-refractivity contribution in [2.45, 2.75) is 26.4 Å². The number of anilines is 2. The standard InChI is InChI=1S/C12H19ClN2O/c1-4-16-12(2,3)8-15-10-7-5-6-9(13)11(10)14/h5-7,15H,4,8,14H2,1-3H3. The second kappa shape index (κ2) is 5.41. The lowest BCUT2D eigenvalue weighted by atomic mass is 10.1. The van der Waals surface area contributed by atoms with Crippen molar-refractivity contribution in [3.05, 3.63) is 23.2 Å². The van der Waals surface area contributed by atoms with Crippen LogP contribution in [-0.4, -0.2) is 18.8 Å². The summed E-state index contributed by atoms with van der Waals surface area (Å²) >= 11 is 5.93. The zero-order valence-corrected chi connectivity index (χ0v) is 10.8. The maximum atomic E-state index is 5.93. The summed E-state index contributed by atoms with van der Waals surface area (Å²) in [4.78, 5) is 0. The third-order valence-corrected chi connectivity index (χ3v) is 2.62. The molecule has 0 bridgehead atoms.